The van der Waals surface area contributed by atoms with Crippen LogP contribution in [0.1, 0.15) is 41.6 Å². The zero-order chi connectivity index (χ0) is 15.5. The summed E-state index contributed by atoms with van der Waals surface area (Å²) in [5.74, 6) is -0.111. The molecule has 2 nitrogen and oxygen atoms in total. The summed E-state index contributed by atoms with van der Waals surface area (Å²) in [5, 5.41) is 2.74. The smallest absolute Gasteiger partial charge is 0.352 e. The maximum absolute atomic E-state index is 12.6. The first-order valence-electron chi connectivity index (χ1n) is 6.97. The minimum Gasteiger partial charge on any atom is -0.352 e. The van der Waals surface area contributed by atoms with Crippen molar-refractivity contribution >= 4 is 21.8 Å². The minimum absolute atomic E-state index is 0.0479. The average molecular weight is 364 g/mol. The monoisotopic (exact) mass is 363 g/mol. The Morgan fingerprint density at radius 1 is 1.29 bits per heavy atom. The second-order valence-corrected chi connectivity index (χ2v) is 6.53. The van der Waals surface area contributed by atoms with Crippen LogP contribution in [0.4, 0.5) is 13.2 Å². The van der Waals surface area contributed by atoms with Crippen LogP contribution in [-0.4, -0.2) is 17.3 Å². The summed E-state index contributed by atoms with van der Waals surface area (Å²) in [6.45, 7) is 0.491. The molecule has 116 valence electrons. The Bertz CT molecular complexity index is 504. The third kappa shape index (κ3) is 4.46. The molecule has 1 aliphatic rings. The fourth-order valence-electron chi connectivity index (χ4n) is 2.55. The van der Waals surface area contributed by atoms with Crippen LogP contribution in [-0.2, 0) is 6.18 Å². The zero-order valence-electron chi connectivity index (χ0n) is 11.4. The Kier molecular flexibility index (Phi) is 5.30. The first-order chi connectivity index (χ1) is 9.88. The van der Waals surface area contributed by atoms with Crippen LogP contribution < -0.4 is 5.32 Å². The van der Waals surface area contributed by atoms with E-state index in [1.807, 2.05) is 0 Å². The summed E-state index contributed by atoms with van der Waals surface area (Å²) in [7, 11) is 0. The fraction of sp³-hybridized carbons (Fsp3) is 0.533. The van der Waals surface area contributed by atoms with E-state index >= 15 is 0 Å². The summed E-state index contributed by atoms with van der Waals surface area (Å²) in [5.41, 5.74) is -0.752. The van der Waals surface area contributed by atoms with Crippen molar-refractivity contribution in [1.29, 1.82) is 0 Å². The fourth-order valence-corrected chi connectivity index (χ4v) is 3.33. The number of hydrogen-bond acceptors (Lipinski definition) is 1. The van der Waals surface area contributed by atoms with Gasteiger partial charge >= 0.3 is 6.18 Å². The van der Waals surface area contributed by atoms with E-state index in [4.69, 9.17) is 0 Å². The van der Waals surface area contributed by atoms with Crippen molar-refractivity contribution in [3.8, 4) is 0 Å². The standard InChI is InChI=1S/C15H17BrF3NO/c16-13-7-2-1-4-11(13)9-20-14(21)10-5-3-6-12(8-10)15(17,18)19/h3,5-6,8,11,13H,1-2,4,7,9H2,(H,20,21). The molecule has 1 aromatic rings. The second-order valence-electron chi connectivity index (χ2n) is 5.35. The minimum atomic E-state index is -4.43. The third-order valence-electron chi connectivity index (χ3n) is 3.79. The molecule has 1 fully saturated rings. The van der Waals surface area contributed by atoms with Crippen LogP contribution in [0.3, 0.4) is 0 Å². The summed E-state index contributed by atoms with van der Waals surface area (Å²) in [6, 6.07) is 4.51. The van der Waals surface area contributed by atoms with Crippen LogP contribution in [0.2, 0.25) is 0 Å². The van der Waals surface area contributed by atoms with E-state index in [-0.39, 0.29) is 5.56 Å². The predicted octanol–water partition coefficient (Wildman–Crippen LogP) is 4.39. The first-order valence-corrected chi connectivity index (χ1v) is 7.89. The highest BCUT2D eigenvalue weighted by Crippen LogP contribution is 2.30. The van der Waals surface area contributed by atoms with Crippen LogP contribution >= 0.6 is 15.9 Å². The van der Waals surface area contributed by atoms with Gasteiger partial charge < -0.3 is 5.32 Å². The van der Waals surface area contributed by atoms with E-state index in [0.29, 0.717) is 17.3 Å². The molecule has 2 unspecified atom stereocenters. The number of nitrogens with one attached hydrogen (secondary N) is 1. The van der Waals surface area contributed by atoms with Crippen molar-refractivity contribution in [2.24, 2.45) is 5.92 Å². The molecular weight excluding hydrogens is 347 g/mol. The molecule has 0 bridgehead atoms. The Labute approximate surface area is 130 Å². The molecule has 2 rings (SSSR count). The molecule has 1 aliphatic carbocycles. The maximum atomic E-state index is 12.6. The quantitative estimate of drug-likeness (QED) is 0.792. The number of carbonyl (C=O) groups is 1. The van der Waals surface area contributed by atoms with Gasteiger partial charge in [-0.1, -0.05) is 34.8 Å². The number of rotatable bonds is 3. The number of amides is 1. The summed E-state index contributed by atoms with van der Waals surface area (Å²) < 4.78 is 37.9. The lowest BCUT2D eigenvalue weighted by atomic mass is 9.89. The number of alkyl halides is 4. The Balaban J connectivity index is 1.97. The molecule has 0 heterocycles. The summed E-state index contributed by atoms with van der Waals surface area (Å²) >= 11 is 3.60. The van der Waals surface area contributed by atoms with Gasteiger partial charge in [0.15, 0.2) is 0 Å². The van der Waals surface area contributed by atoms with E-state index in [1.165, 1.54) is 18.6 Å². The van der Waals surface area contributed by atoms with E-state index in [0.717, 1.165) is 31.4 Å². The number of benzene rings is 1. The normalized spacial score (nSPS) is 22.9. The van der Waals surface area contributed by atoms with Crippen molar-refractivity contribution in [2.45, 2.75) is 36.7 Å². The molecule has 0 saturated heterocycles. The molecule has 0 aromatic heterocycles. The van der Waals surface area contributed by atoms with Crippen molar-refractivity contribution in [3.63, 3.8) is 0 Å². The third-order valence-corrected chi connectivity index (χ3v) is 5.00. The van der Waals surface area contributed by atoms with Gasteiger partial charge in [-0.3, -0.25) is 4.79 Å². The summed E-state index contributed by atoms with van der Waals surface area (Å²) in [4.78, 5) is 12.3. The number of hydrogen-bond donors (Lipinski definition) is 1. The van der Waals surface area contributed by atoms with Crippen molar-refractivity contribution in [2.75, 3.05) is 6.54 Å². The van der Waals surface area contributed by atoms with Crippen molar-refractivity contribution < 1.29 is 18.0 Å². The van der Waals surface area contributed by atoms with Crippen LogP contribution in [0, 0.1) is 5.92 Å². The van der Waals surface area contributed by atoms with Gasteiger partial charge in [-0.15, -0.1) is 0 Å². The Hall–Kier alpha value is -1.04. The molecule has 0 radical (unpaired) electrons. The van der Waals surface area contributed by atoms with E-state index in [9.17, 15) is 18.0 Å². The highest BCUT2D eigenvalue weighted by molar-refractivity contribution is 9.09. The molecule has 21 heavy (non-hydrogen) atoms. The lowest BCUT2D eigenvalue weighted by molar-refractivity contribution is -0.137. The highest BCUT2D eigenvalue weighted by Gasteiger charge is 2.31. The van der Waals surface area contributed by atoms with Crippen molar-refractivity contribution in [1.82, 2.24) is 5.32 Å². The average Bonchev–Trinajstić information content (AvgIpc) is 2.45. The molecule has 1 aromatic carbocycles. The molecule has 1 amide bonds. The van der Waals surface area contributed by atoms with Gasteiger partial charge in [0.1, 0.15) is 0 Å². The Morgan fingerprint density at radius 2 is 2.00 bits per heavy atom. The molecular formula is C15H17BrF3NO. The van der Waals surface area contributed by atoms with Crippen LogP contribution in [0.25, 0.3) is 0 Å². The van der Waals surface area contributed by atoms with Gasteiger partial charge in [0.2, 0.25) is 0 Å². The van der Waals surface area contributed by atoms with Gasteiger partial charge in [0.05, 0.1) is 5.56 Å². The van der Waals surface area contributed by atoms with Gasteiger partial charge in [0, 0.05) is 16.9 Å². The van der Waals surface area contributed by atoms with Gasteiger partial charge in [-0.2, -0.15) is 13.2 Å². The van der Waals surface area contributed by atoms with Gasteiger partial charge in [0.25, 0.3) is 5.91 Å². The van der Waals surface area contributed by atoms with Crippen molar-refractivity contribution in [3.05, 3.63) is 35.4 Å². The summed E-state index contributed by atoms with van der Waals surface area (Å²) in [6.07, 6.45) is -0.0241. The van der Waals surface area contributed by atoms with Crippen LogP contribution in [0.15, 0.2) is 24.3 Å². The number of halogens is 4. The Morgan fingerprint density at radius 3 is 2.67 bits per heavy atom. The zero-order valence-corrected chi connectivity index (χ0v) is 13.0. The predicted molar refractivity (Wildman–Crippen MR) is 78.5 cm³/mol. The lowest BCUT2D eigenvalue weighted by Crippen LogP contribution is -2.34. The van der Waals surface area contributed by atoms with Gasteiger partial charge in [-0.05, 0) is 37.0 Å². The molecule has 0 aliphatic heterocycles. The maximum Gasteiger partial charge on any atom is 0.416 e. The largest absolute Gasteiger partial charge is 0.416 e. The van der Waals surface area contributed by atoms with Gasteiger partial charge in [-0.25, -0.2) is 0 Å². The first kappa shape index (κ1) is 16.3. The van der Waals surface area contributed by atoms with E-state index < -0.39 is 17.6 Å². The highest BCUT2D eigenvalue weighted by atomic mass is 79.9. The second kappa shape index (κ2) is 6.81. The molecule has 1 saturated carbocycles. The van der Waals surface area contributed by atoms with E-state index in [2.05, 4.69) is 21.2 Å². The SMILES string of the molecule is O=C(NCC1CCCCC1Br)c1cccc(C(F)(F)F)c1. The topological polar surface area (TPSA) is 29.1 Å². The van der Waals surface area contributed by atoms with Crippen LogP contribution in [0.5, 0.6) is 0 Å². The molecule has 2 atom stereocenters. The molecule has 6 heteroatoms. The molecule has 1 N–H and O–H groups in total. The number of carbonyl (C=O) groups excluding carboxylic acids is 1. The lowest BCUT2D eigenvalue weighted by Gasteiger charge is -2.27. The molecule has 0 spiro atoms. The van der Waals surface area contributed by atoms with E-state index in [1.54, 1.807) is 0 Å².